The molecule has 1 rings (SSSR count). The zero-order valence-electron chi connectivity index (χ0n) is 10.6. The Bertz CT molecular complexity index is 460. The number of anilines is 1. The Labute approximate surface area is 108 Å². The van der Waals surface area contributed by atoms with Crippen LogP contribution in [0.4, 0.5) is 5.69 Å². The highest BCUT2D eigenvalue weighted by Crippen LogP contribution is 2.16. The lowest BCUT2D eigenvalue weighted by Crippen LogP contribution is -2.22. The maximum absolute atomic E-state index is 11.8. The molecule has 1 aromatic carbocycles. The van der Waals surface area contributed by atoms with E-state index in [1.807, 2.05) is 25.1 Å². The van der Waals surface area contributed by atoms with Gasteiger partial charge in [-0.2, -0.15) is 0 Å². The highest BCUT2D eigenvalue weighted by Gasteiger charge is 2.11. The fraction of sp³-hybridized carbons (Fsp3) is 0.500. The third-order valence-electron chi connectivity index (χ3n) is 2.42. The molecular weight excluding hydrogens is 252 g/mol. The molecule has 102 valence electrons. The summed E-state index contributed by atoms with van der Waals surface area (Å²) in [6, 6.07) is 7.36. The van der Waals surface area contributed by atoms with E-state index in [1.54, 1.807) is 6.07 Å². The zero-order valence-corrected chi connectivity index (χ0v) is 11.4. The van der Waals surface area contributed by atoms with Crippen LogP contribution < -0.4 is 10.5 Å². The first-order valence-corrected chi connectivity index (χ1v) is 7.60. The lowest BCUT2D eigenvalue weighted by molar-refractivity contribution is 0.157. The molecule has 0 saturated heterocycles. The van der Waals surface area contributed by atoms with Crippen molar-refractivity contribution in [3.63, 3.8) is 0 Å². The number of hydrogen-bond acceptors (Lipinski definition) is 4. The molecule has 1 aromatic rings. The van der Waals surface area contributed by atoms with Crippen molar-refractivity contribution in [3.05, 3.63) is 29.8 Å². The second-order valence-electron chi connectivity index (χ2n) is 3.83. The smallest absolute Gasteiger partial charge is 0.235 e. The normalized spacial score (nSPS) is 11.4. The van der Waals surface area contributed by atoms with Gasteiger partial charge in [0.2, 0.25) is 10.0 Å². The van der Waals surface area contributed by atoms with Gasteiger partial charge < -0.3 is 10.5 Å². The Balaban J connectivity index is 2.59. The van der Waals surface area contributed by atoms with Crippen LogP contribution in [0.15, 0.2) is 24.3 Å². The van der Waals surface area contributed by atoms with Crippen LogP contribution in [-0.2, 0) is 21.2 Å². The molecule has 18 heavy (non-hydrogen) atoms. The highest BCUT2D eigenvalue weighted by atomic mass is 32.2. The van der Waals surface area contributed by atoms with E-state index in [0.29, 0.717) is 18.8 Å². The van der Waals surface area contributed by atoms with E-state index in [1.165, 1.54) is 0 Å². The number of nitrogens with two attached hydrogens (primary N) is 1. The maximum atomic E-state index is 11.8. The lowest BCUT2D eigenvalue weighted by atomic mass is 10.1. The SMILES string of the molecule is CCc1ccccc1NS(=O)(=O)CCOCCN. The third kappa shape index (κ3) is 5.03. The zero-order chi connectivity index (χ0) is 13.4. The second-order valence-corrected chi connectivity index (χ2v) is 5.67. The predicted octanol–water partition coefficient (Wildman–Crippen LogP) is 0.966. The van der Waals surface area contributed by atoms with Crippen molar-refractivity contribution in [1.29, 1.82) is 0 Å². The van der Waals surface area contributed by atoms with Crippen LogP contribution in [-0.4, -0.2) is 33.9 Å². The Morgan fingerprint density at radius 1 is 1.28 bits per heavy atom. The second kappa shape index (κ2) is 7.35. The summed E-state index contributed by atoms with van der Waals surface area (Å²) in [7, 11) is -3.36. The molecule has 0 aliphatic heterocycles. The average molecular weight is 272 g/mol. The summed E-state index contributed by atoms with van der Waals surface area (Å²) in [5.41, 5.74) is 6.86. The summed E-state index contributed by atoms with van der Waals surface area (Å²) in [5.74, 6) is -0.0644. The van der Waals surface area contributed by atoms with Crippen molar-refractivity contribution < 1.29 is 13.2 Å². The van der Waals surface area contributed by atoms with Crippen molar-refractivity contribution in [2.75, 3.05) is 30.2 Å². The van der Waals surface area contributed by atoms with Gasteiger partial charge >= 0.3 is 0 Å². The molecule has 0 heterocycles. The largest absolute Gasteiger partial charge is 0.379 e. The van der Waals surface area contributed by atoms with Crippen LogP contribution in [0.2, 0.25) is 0 Å². The molecule has 0 amide bonds. The molecule has 0 aromatic heterocycles. The molecule has 0 atom stereocenters. The van der Waals surface area contributed by atoms with E-state index in [4.69, 9.17) is 10.5 Å². The number of para-hydroxylation sites is 1. The van der Waals surface area contributed by atoms with Crippen molar-refractivity contribution in [1.82, 2.24) is 0 Å². The van der Waals surface area contributed by atoms with Gasteiger partial charge in [0.15, 0.2) is 0 Å². The lowest BCUT2D eigenvalue weighted by Gasteiger charge is -2.11. The Kier molecular flexibility index (Phi) is 6.11. The number of sulfonamides is 1. The molecular formula is C12H20N2O3S. The van der Waals surface area contributed by atoms with Gasteiger partial charge in [-0.05, 0) is 18.1 Å². The molecule has 0 saturated carbocycles. The molecule has 6 heteroatoms. The molecule has 0 bridgehead atoms. The number of benzene rings is 1. The quantitative estimate of drug-likeness (QED) is 0.691. The third-order valence-corrected chi connectivity index (χ3v) is 3.66. The monoisotopic (exact) mass is 272 g/mol. The number of rotatable bonds is 8. The summed E-state index contributed by atoms with van der Waals surface area (Å²) in [4.78, 5) is 0. The fourth-order valence-corrected chi connectivity index (χ4v) is 2.47. The van der Waals surface area contributed by atoms with Gasteiger partial charge in [-0.15, -0.1) is 0 Å². The van der Waals surface area contributed by atoms with Crippen molar-refractivity contribution in [2.24, 2.45) is 5.73 Å². The number of aryl methyl sites for hydroxylation is 1. The van der Waals surface area contributed by atoms with E-state index < -0.39 is 10.0 Å². The minimum absolute atomic E-state index is 0.0644. The molecule has 0 aliphatic rings. The maximum Gasteiger partial charge on any atom is 0.235 e. The van der Waals surface area contributed by atoms with E-state index >= 15 is 0 Å². The van der Waals surface area contributed by atoms with Crippen molar-refractivity contribution in [2.45, 2.75) is 13.3 Å². The first-order chi connectivity index (χ1) is 8.59. The molecule has 0 fully saturated rings. The number of ether oxygens (including phenoxy) is 1. The van der Waals surface area contributed by atoms with Crippen molar-refractivity contribution in [3.8, 4) is 0 Å². The van der Waals surface area contributed by atoms with Crippen LogP contribution in [0.5, 0.6) is 0 Å². The first-order valence-electron chi connectivity index (χ1n) is 5.95. The predicted molar refractivity (Wildman–Crippen MR) is 73.1 cm³/mol. The average Bonchev–Trinajstić information content (AvgIpc) is 2.35. The van der Waals surface area contributed by atoms with Crippen molar-refractivity contribution >= 4 is 15.7 Å². The summed E-state index contributed by atoms with van der Waals surface area (Å²) in [6.45, 7) is 2.91. The van der Waals surface area contributed by atoms with Crippen LogP contribution in [0.25, 0.3) is 0 Å². The van der Waals surface area contributed by atoms with Gasteiger partial charge in [-0.25, -0.2) is 8.42 Å². The molecule has 0 radical (unpaired) electrons. The molecule has 0 spiro atoms. The van der Waals surface area contributed by atoms with Gasteiger partial charge in [-0.1, -0.05) is 25.1 Å². The summed E-state index contributed by atoms with van der Waals surface area (Å²) >= 11 is 0. The van der Waals surface area contributed by atoms with Crippen LogP contribution in [0.3, 0.4) is 0 Å². The Morgan fingerprint density at radius 3 is 2.67 bits per heavy atom. The van der Waals surface area contributed by atoms with Gasteiger partial charge in [0.05, 0.1) is 24.7 Å². The first kappa shape index (κ1) is 14.9. The van der Waals surface area contributed by atoms with E-state index in [0.717, 1.165) is 12.0 Å². The van der Waals surface area contributed by atoms with E-state index in [-0.39, 0.29) is 12.4 Å². The van der Waals surface area contributed by atoms with Gasteiger partial charge in [-0.3, -0.25) is 4.72 Å². The molecule has 5 nitrogen and oxygen atoms in total. The topological polar surface area (TPSA) is 81.4 Å². The fourth-order valence-electron chi connectivity index (χ4n) is 1.50. The standard InChI is InChI=1S/C12H20N2O3S/c1-2-11-5-3-4-6-12(11)14-18(15,16)10-9-17-8-7-13/h3-6,14H,2,7-10,13H2,1H3. The molecule has 3 N–H and O–H groups in total. The Morgan fingerprint density at radius 2 is 2.00 bits per heavy atom. The van der Waals surface area contributed by atoms with Gasteiger partial charge in [0.1, 0.15) is 0 Å². The van der Waals surface area contributed by atoms with E-state index in [9.17, 15) is 8.42 Å². The molecule has 0 aliphatic carbocycles. The van der Waals surface area contributed by atoms with Gasteiger partial charge in [0.25, 0.3) is 0 Å². The molecule has 0 unspecified atom stereocenters. The number of nitrogens with one attached hydrogen (secondary N) is 1. The summed E-state index contributed by atoms with van der Waals surface area (Å²) < 4.78 is 31.3. The van der Waals surface area contributed by atoms with Crippen LogP contribution >= 0.6 is 0 Å². The summed E-state index contributed by atoms with van der Waals surface area (Å²) in [5, 5.41) is 0. The highest BCUT2D eigenvalue weighted by molar-refractivity contribution is 7.92. The van der Waals surface area contributed by atoms with Gasteiger partial charge in [0, 0.05) is 6.54 Å². The minimum atomic E-state index is -3.36. The summed E-state index contributed by atoms with van der Waals surface area (Å²) in [6.07, 6.45) is 0.780. The Hall–Kier alpha value is -1.11. The van der Waals surface area contributed by atoms with Crippen LogP contribution in [0, 0.1) is 0 Å². The van der Waals surface area contributed by atoms with E-state index in [2.05, 4.69) is 4.72 Å². The van der Waals surface area contributed by atoms with Crippen LogP contribution in [0.1, 0.15) is 12.5 Å². The number of hydrogen-bond donors (Lipinski definition) is 2. The minimum Gasteiger partial charge on any atom is -0.379 e.